The molecule has 1 heterocycles. The van der Waals surface area contributed by atoms with E-state index in [-0.39, 0.29) is 35.1 Å². The lowest BCUT2D eigenvalue weighted by Gasteiger charge is -2.23. The van der Waals surface area contributed by atoms with Crippen LogP contribution in [0.15, 0.2) is 65.6 Å². The number of carbonyl (C=O) groups is 1. The summed E-state index contributed by atoms with van der Waals surface area (Å²) in [7, 11) is -0.902. The largest absolute Gasteiger partial charge is 0.497 e. The maximum Gasteiger partial charge on any atom is 0.263 e. The molecule has 10 heteroatoms. The molecular weight excluding hydrogens is 482 g/mol. The summed E-state index contributed by atoms with van der Waals surface area (Å²) in [4.78, 5) is 14.6. The zero-order chi connectivity index (χ0) is 25.9. The van der Waals surface area contributed by atoms with Crippen LogP contribution in [0.5, 0.6) is 17.2 Å². The van der Waals surface area contributed by atoms with Crippen molar-refractivity contribution in [3.8, 4) is 23.3 Å². The van der Waals surface area contributed by atoms with Crippen molar-refractivity contribution in [3.63, 3.8) is 0 Å². The number of benzene rings is 3. The smallest absolute Gasteiger partial charge is 0.263 e. The first-order valence-electron chi connectivity index (χ1n) is 11.1. The number of nitrogens with zero attached hydrogens (tertiary/aromatic N) is 2. The summed E-state index contributed by atoms with van der Waals surface area (Å²) in [5.74, 6) is 1.49. The highest BCUT2D eigenvalue weighted by atomic mass is 32.2. The van der Waals surface area contributed by atoms with Crippen molar-refractivity contribution in [1.82, 2.24) is 4.90 Å². The van der Waals surface area contributed by atoms with Gasteiger partial charge in [0.1, 0.15) is 28.2 Å². The van der Waals surface area contributed by atoms with E-state index in [2.05, 4.69) is 4.72 Å². The van der Waals surface area contributed by atoms with E-state index < -0.39 is 16.1 Å². The second-order valence-corrected chi connectivity index (χ2v) is 9.82. The van der Waals surface area contributed by atoms with Gasteiger partial charge in [-0.25, -0.2) is 8.42 Å². The highest BCUT2D eigenvalue weighted by Crippen LogP contribution is 2.32. The van der Waals surface area contributed by atoms with Gasteiger partial charge in [0.05, 0.1) is 19.8 Å². The van der Waals surface area contributed by atoms with Crippen LogP contribution in [0.2, 0.25) is 0 Å². The van der Waals surface area contributed by atoms with Gasteiger partial charge in [-0.2, -0.15) is 5.26 Å². The molecule has 36 heavy (non-hydrogen) atoms. The Bertz CT molecular complexity index is 1450. The van der Waals surface area contributed by atoms with Gasteiger partial charge in [0, 0.05) is 36.0 Å². The van der Waals surface area contributed by atoms with Gasteiger partial charge in [0.25, 0.3) is 15.9 Å². The van der Waals surface area contributed by atoms with E-state index in [0.717, 1.165) is 5.56 Å². The van der Waals surface area contributed by atoms with Gasteiger partial charge in [-0.1, -0.05) is 12.1 Å². The van der Waals surface area contributed by atoms with Crippen LogP contribution in [0.4, 0.5) is 5.69 Å². The van der Waals surface area contributed by atoms with E-state index in [4.69, 9.17) is 14.2 Å². The standard InChI is InChI=1S/C26H25N3O6S/c1-17-26(30)29(15-19-8-10-22(33-2)13-24(19)34-3)16-20-12-21(9-11-23(20)35-17)28-36(31,32)25-7-5-4-6-18(25)14-27/h4-13,17,28H,15-16H2,1-3H3. The molecule has 1 aliphatic rings. The molecule has 0 radical (unpaired) electrons. The zero-order valence-corrected chi connectivity index (χ0v) is 20.8. The number of amides is 1. The number of methoxy groups -OCH3 is 2. The second-order valence-electron chi connectivity index (χ2n) is 8.17. The van der Waals surface area contributed by atoms with Crippen LogP contribution in [0.25, 0.3) is 0 Å². The summed E-state index contributed by atoms with van der Waals surface area (Å²) in [5, 5.41) is 9.29. The van der Waals surface area contributed by atoms with Crippen LogP contribution in [0.1, 0.15) is 23.6 Å². The van der Waals surface area contributed by atoms with E-state index in [1.165, 1.54) is 12.1 Å². The van der Waals surface area contributed by atoms with Crippen LogP contribution >= 0.6 is 0 Å². The lowest BCUT2D eigenvalue weighted by atomic mass is 10.1. The molecule has 4 rings (SSSR count). The number of nitriles is 1. The molecule has 0 saturated carbocycles. The molecule has 1 atom stereocenters. The molecule has 0 bridgehead atoms. The summed E-state index contributed by atoms with van der Waals surface area (Å²) in [6.45, 7) is 2.12. The molecule has 1 unspecified atom stereocenters. The normalized spacial score (nSPS) is 15.2. The maximum absolute atomic E-state index is 13.1. The molecule has 3 aromatic carbocycles. The average Bonchev–Trinajstić information content (AvgIpc) is 2.99. The molecule has 0 spiro atoms. The van der Waals surface area contributed by atoms with Crippen molar-refractivity contribution in [2.45, 2.75) is 31.0 Å². The predicted molar refractivity (Wildman–Crippen MR) is 132 cm³/mol. The molecule has 0 aromatic heterocycles. The van der Waals surface area contributed by atoms with E-state index in [1.54, 1.807) is 68.5 Å². The third kappa shape index (κ3) is 5.06. The van der Waals surface area contributed by atoms with Gasteiger partial charge >= 0.3 is 0 Å². The Kier molecular flexibility index (Phi) is 7.03. The number of ether oxygens (including phenoxy) is 3. The molecule has 1 N–H and O–H groups in total. The van der Waals surface area contributed by atoms with E-state index in [9.17, 15) is 18.5 Å². The quantitative estimate of drug-likeness (QED) is 0.518. The molecule has 0 aliphatic carbocycles. The number of hydrogen-bond donors (Lipinski definition) is 1. The third-order valence-corrected chi connectivity index (χ3v) is 7.23. The molecule has 9 nitrogen and oxygen atoms in total. The van der Waals surface area contributed by atoms with Crippen molar-refractivity contribution in [2.75, 3.05) is 18.9 Å². The lowest BCUT2D eigenvalue weighted by molar-refractivity contribution is -0.138. The van der Waals surface area contributed by atoms with Gasteiger partial charge in [-0.05, 0) is 49.4 Å². The van der Waals surface area contributed by atoms with Gasteiger partial charge in [0.2, 0.25) is 0 Å². The first-order valence-corrected chi connectivity index (χ1v) is 12.5. The van der Waals surface area contributed by atoms with Crippen molar-refractivity contribution < 1.29 is 27.4 Å². The Morgan fingerprint density at radius 2 is 1.89 bits per heavy atom. The van der Waals surface area contributed by atoms with Crippen LogP contribution < -0.4 is 18.9 Å². The van der Waals surface area contributed by atoms with E-state index in [0.29, 0.717) is 22.8 Å². The van der Waals surface area contributed by atoms with Crippen molar-refractivity contribution in [2.24, 2.45) is 0 Å². The number of rotatable bonds is 7. The SMILES string of the molecule is COc1ccc(CN2Cc3cc(NS(=O)(=O)c4ccccc4C#N)ccc3OC(C)C2=O)c(OC)c1. The topological polar surface area (TPSA) is 118 Å². The summed E-state index contributed by atoms with van der Waals surface area (Å²) >= 11 is 0. The van der Waals surface area contributed by atoms with Gasteiger partial charge in [0.15, 0.2) is 6.10 Å². The number of carbonyl (C=O) groups excluding carboxylic acids is 1. The van der Waals surface area contributed by atoms with Gasteiger partial charge in [-0.15, -0.1) is 0 Å². The Balaban J connectivity index is 1.64. The highest BCUT2D eigenvalue weighted by Gasteiger charge is 2.29. The number of anilines is 1. The zero-order valence-electron chi connectivity index (χ0n) is 20.0. The van der Waals surface area contributed by atoms with Crippen molar-refractivity contribution in [1.29, 1.82) is 5.26 Å². The fraction of sp³-hybridized carbons (Fsp3) is 0.231. The van der Waals surface area contributed by atoms with E-state index in [1.807, 2.05) is 12.1 Å². The molecular formula is C26H25N3O6S. The molecule has 1 amide bonds. The van der Waals surface area contributed by atoms with Crippen LogP contribution in [-0.2, 0) is 27.9 Å². The number of sulfonamides is 1. The number of nitrogens with one attached hydrogen (secondary N) is 1. The van der Waals surface area contributed by atoms with Crippen LogP contribution in [-0.4, -0.2) is 39.5 Å². The summed E-state index contributed by atoms with van der Waals surface area (Å²) in [6, 6.07) is 18.1. The molecule has 0 saturated heterocycles. The predicted octanol–water partition coefficient (Wildman–Crippen LogP) is 3.69. The van der Waals surface area contributed by atoms with Gasteiger partial charge < -0.3 is 19.1 Å². The fourth-order valence-electron chi connectivity index (χ4n) is 3.99. The molecule has 186 valence electrons. The monoisotopic (exact) mass is 507 g/mol. The Morgan fingerprint density at radius 1 is 1.11 bits per heavy atom. The van der Waals surface area contributed by atoms with Crippen LogP contribution in [0, 0.1) is 11.3 Å². The molecule has 0 fully saturated rings. The highest BCUT2D eigenvalue weighted by molar-refractivity contribution is 7.92. The van der Waals surface area contributed by atoms with E-state index >= 15 is 0 Å². The first-order chi connectivity index (χ1) is 17.2. The summed E-state index contributed by atoms with van der Waals surface area (Å²) in [5.41, 5.74) is 1.75. The molecule has 3 aromatic rings. The minimum Gasteiger partial charge on any atom is -0.497 e. The van der Waals surface area contributed by atoms with Crippen molar-refractivity contribution >= 4 is 21.6 Å². The Labute approximate surface area is 209 Å². The minimum absolute atomic E-state index is 0.0436. The first kappa shape index (κ1) is 24.9. The fourth-order valence-corrected chi connectivity index (χ4v) is 5.20. The van der Waals surface area contributed by atoms with Crippen LogP contribution in [0.3, 0.4) is 0 Å². The minimum atomic E-state index is -4.01. The Morgan fingerprint density at radius 3 is 2.61 bits per heavy atom. The number of hydrogen-bond acceptors (Lipinski definition) is 7. The average molecular weight is 508 g/mol. The summed E-state index contributed by atoms with van der Waals surface area (Å²) < 4.78 is 45.1. The van der Waals surface area contributed by atoms with Gasteiger partial charge in [-0.3, -0.25) is 9.52 Å². The second kappa shape index (κ2) is 10.2. The maximum atomic E-state index is 13.1. The Hall–Kier alpha value is -4.23. The summed E-state index contributed by atoms with van der Waals surface area (Å²) in [6.07, 6.45) is -0.736. The van der Waals surface area contributed by atoms with Crippen molar-refractivity contribution in [3.05, 3.63) is 77.4 Å². The molecule has 1 aliphatic heterocycles. The lowest BCUT2D eigenvalue weighted by Crippen LogP contribution is -2.37. The number of fused-ring (bicyclic) bond motifs is 1. The third-order valence-electron chi connectivity index (χ3n) is 5.79.